The van der Waals surface area contributed by atoms with Crippen molar-refractivity contribution in [3.05, 3.63) is 0 Å². The van der Waals surface area contributed by atoms with E-state index in [1.54, 1.807) is 0 Å². The third-order valence-corrected chi connectivity index (χ3v) is 9.33. The standard InChI is InChI=1S/C41H78O6/c1-6-8-9-19-26-31-39(42)45-34-38(47-41(44)33-28-23-18-12-10-11-15-20-24-29-36(3)4)35-46-40(43)32-27-22-17-14-13-16-21-25-30-37(5)7-2/h36-38H,6-35H2,1-5H3/t37?,38-/m0/s1. The molecule has 0 N–H and O–H groups in total. The molecule has 6 nitrogen and oxygen atoms in total. The van der Waals surface area contributed by atoms with Crippen molar-refractivity contribution in [1.29, 1.82) is 0 Å². The molecule has 0 aliphatic heterocycles. The fraction of sp³-hybridized carbons (Fsp3) is 0.927. The zero-order valence-corrected chi connectivity index (χ0v) is 31.9. The minimum atomic E-state index is -0.758. The van der Waals surface area contributed by atoms with Crippen LogP contribution in [0.1, 0.15) is 214 Å². The molecule has 0 fully saturated rings. The maximum atomic E-state index is 12.6. The zero-order valence-electron chi connectivity index (χ0n) is 31.9. The van der Waals surface area contributed by atoms with E-state index in [0.717, 1.165) is 76.0 Å². The van der Waals surface area contributed by atoms with Gasteiger partial charge >= 0.3 is 17.9 Å². The van der Waals surface area contributed by atoms with E-state index in [1.807, 2.05) is 0 Å². The monoisotopic (exact) mass is 667 g/mol. The number of ether oxygens (including phenoxy) is 3. The lowest BCUT2D eigenvalue weighted by atomic mass is 9.99. The number of rotatable bonds is 35. The normalized spacial score (nSPS) is 12.6. The Kier molecular flexibility index (Phi) is 33.1. The summed E-state index contributed by atoms with van der Waals surface area (Å²) in [7, 11) is 0. The van der Waals surface area contributed by atoms with Crippen molar-refractivity contribution >= 4 is 17.9 Å². The lowest BCUT2D eigenvalue weighted by Gasteiger charge is -2.18. The molecular formula is C41H78O6. The van der Waals surface area contributed by atoms with Crippen molar-refractivity contribution in [3.63, 3.8) is 0 Å². The quantitative estimate of drug-likeness (QED) is 0.0380. The van der Waals surface area contributed by atoms with E-state index in [1.165, 1.54) is 96.3 Å². The molecule has 0 aromatic carbocycles. The SMILES string of the molecule is CCCCCCCC(=O)OC[C@@H](COC(=O)CCCCCCCCCCC(C)CC)OC(=O)CCCCCCCCCCCC(C)C. The lowest BCUT2D eigenvalue weighted by Crippen LogP contribution is -2.30. The van der Waals surface area contributed by atoms with Crippen molar-refractivity contribution in [2.24, 2.45) is 11.8 Å². The minimum Gasteiger partial charge on any atom is -0.462 e. The number of carbonyl (C=O) groups is 3. The molecule has 0 aliphatic rings. The van der Waals surface area contributed by atoms with Gasteiger partial charge < -0.3 is 14.2 Å². The summed E-state index contributed by atoms with van der Waals surface area (Å²) in [5.41, 5.74) is 0. The van der Waals surface area contributed by atoms with Crippen LogP contribution in [0.5, 0.6) is 0 Å². The van der Waals surface area contributed by atoms with Gasteiger partial charge in [0.2, 0.25) is 0 Å². The van der Waals surface area contributed by atoms with Crippen molar-refractivity contribution in [3.8, 4) is 0 Å². The Labute approximate surface area is 291 Å². The molecule has 0 bridgehead atoms. The van der Waals surface area contributed by atoms with Crippen LogP contribution in [0.3, 0.4) is 0 Å². The van der Waals surface area contributed by atoms with E-state index >= 15 is 0 Å². The predicted octanol–water partition coefficient (Wildman–Crippen LogP) is 12.2. The van der Waals surface area contributed by atoms with Crippen molar-refractivity contribution in [1.82, 2.24) is 0 Å². The smallest absolute Gasteiger partial charge is 0.306 e. The third kappa shape index (κ3) is 34.1. The molecule has 2 atom stereocenters. The van der Waals surface area contributed by atoms with Gasteiger partial charge in [-0.1, -0.05) is 176 Å². The molecule has 0 aromatic heterocycles. The summed E-state index contributed by atoms with van der Waals surface area (Å²) in [5.74, 6) is 0.774. The highest BCUT2D eigenvalue weighted by Gasteiger charge is 2.19. The molecule has 0 saturated carbocycles. The molecule has 0 amide bonds. The summed E-state index contributed by atoms with van der Waals surface area (Å²) >= 11 is 0. The van der Waals surface area contributed by atoms with E-state index < -0.39 is 6.10 Å². The maximum absolute atomic E-state index is 12.6. The summed E-state index contributed by atoms with van der Waals surface area (Å²) in [6, 6.07) is 0. The summed E-state index contributed by atoms with van der Waals surface area (Å²) in [6.07, 6.45) is 29.7. The van der Waals surface area contributed by atoms with E-state index in [4.69, 9.17) is 14.2 Å². The highest BCUT2D eigenvalue weighted by atomic mass is 16.6. The Bertz CT molecular complexity index is 721. The van der Waals surface area contributed by atoms with Gasteiger partial charge in [0.25, 0.3) is 0 Å². The van der Waals surface area contributed by atoms with Gasteiger partial charge in [-0.15, -0.1) is 0 Å². The second-order valence-corrected chi connectivity index (χ2v) is 14.6. The Hall–Kier alpha value is -1.59. The van der Waals surface area contributed by atoms with Crippen LogP contribution in [-0.2, 0) is 28.6 Å². The summed E-state index contributed by atoms with van der Waals surface area (Å²) < 4.78 is 16.5. The second-order valence-electron chi connectivity index (χ2n) is 14.6. The fourth-order valence-corrected chi connectivity index (χ4v) is 5.84. The fourth-order valence-electron chi connectivity index (χ4n) is 5.84. The van der Waals surface area contributed by atoms with Gasteiger partial charge in [-0.05, 0) is 31.1 Å². The molecule has 47 heavy (non-hydrogen) atoms. The van der Waals surface area contributed by atoms with Crippen LogP contribution in [0.15, 0.2) is 0 Å². The highest BCUT2D eigenvalue weighted by molar-refractivity contribution is 5.71. The molecule has 0 saturated heterocycles. The number of hydrogen-bond acceptors (Lipinski definition) is 6. The Morgan fingerprint density at radius 1 is 0.447 bits per heavy atom. The van der Waals surface area contributed by atoms with E-state index in [2.05, 4.69) is 34.6 Å². The first-order chi connectivity index (χ1) is 22.8. The van der Waals surface area contributed by atoms with Crippen LogP contribution < -0.4 is 0 Å². The molecule has 0 aliphatic carbocycles. The molecule has 1 unspecified atom stereocenters. The van der Waals surface area contributed by atoms with Gasteiger partial charge in [0.15, 0.2) is 6.10 Å². The van der Waals surface area contributed by atoms with Crippen molar-refractivity contribution < 1.29 is 28.6 Å². The van der Waals surface area contributed by atoms with E-state index in [-0.39, 0.29) is 31.1 Å². The van der Waals surface area contributed by atoms with E-state index in [0.29, 0.717) is 19.3 Å². The minimum absolute atomic E-state index is 0.0673. The Morgan fingerprint density at radius 2 is 0.809 bits per heavy atom. The maximum Gasteiger partial charge on any atom is 0.306 e. The zero-order chi connectivity index (χ0) is 34.8. The van der Waals surface area contributed by atoms with Crippen LogP contribution in [0, 0.1) is 11.8 Å². The first-order valence-corrected chi connectivity index (χ1v) is 20.3. The molecule has 0 heterocycles. The van der Waals surface area contributed by atoms with Crippen LogP contribution >= 0.6 is 0 Å². The molecule has 6 heteroatoms. The Morgan fingerprint density at radius 3 is 1.21 bits per heavy atom. The lowest BCUT2D eigenvalue weighted by molar-refractivity contribution is -0.167. The van der Waals surface area contributed by atoms with Crippen LogP contribution in [0.2, 0.25) is 0 Å². The number of hydrogen-bond donors (Lipinski definition) is 0. The van der Waals surface area contributed by atoms with Crippen molar-refractivity contribution in [2.75, 3.05) is 13.2 Å². The van der Waals surface area contributed by atoms with Gasteiger partial charge in [0.1, 0.15) is 13.2 Å². The predicted molar refractivity (Wildman–Crippen MR) is 196 cm³/mol. The largest absolute Gasteiger partial charge is 0.462 e. The van der Waals surface area contributed by atoms with Crippen molar-refractivity contribution in [2.45, 2.75) is 221 Å². The highest BCUT2D eigenvalue weighted by Crippen LogP contribution is 2.16. The molecular weight excluding hydrogens is 588 g/mol. The van der Waals surface area contributed by atoms with Crippen LogP contribution in [-0.4, -0.2) is 37.2 Å². The number of unbranched alkanes of at least 4 members (excludes halogenated alkanes) is 19. The Balaban J connectivity index is 4.27. The molecule has 278 valence electrons. The molecule has 0 spiro atoms. The summed E-state index contributed by atoms with van der Waals surface area (Å²) in [6.45, 7) is 11.2. The van der Waals surface area contributed by atoms with Crippen LogP contribution in [0.25, 0.3) is 0 Å². The van der Waals surface area contributed by atoms with Gasteiger partial charge in [-0.25, -0.2) is 0 Å². The van der Waals surface area contributed by atoms with Gasteiger partial charge in [0, 0.05) is 19.3 Å². The topological polar surface area (TPSA) is 78.9 Å². The number of carbonyl (C=O) groups excluding carboxylic acids is 3. The molecule has 0 aromatic rings. The van der Waals surface area contributed by atoms with Gasteiger partial charge in [-0.2, -0.15) is 0 Å². The van der Waals surface area contributed by atoms with Gasteiger partial charge in [0.05, 0.1) is 0 Å². The van der Waals surface area contributed by atoms with E-state index in [9.17, 15) is 14.4 Å². The summed E-state index contributed by atoms with van der Waals surface area (Å²) in [5, 5.41) is 0. The van der Waals surface area contributed by atoms with Crippen LogP contribution in [0.4, 0.5) is 0 Å². The number of esters is 3. The average Bonchev–Trinajstić information content (AvgIpc) is 3.05. The average molecular weight is 667 g/mol. The summed E-state index contributed by atoms with van der Waals surface area (Å²) in [4.78, 5) is 37.3. The first kappa shape index (κ1) is 45.4. The molecule has 0 radical (unpaired) electrons. The first-order valence-electron chi connectivity index (χ1n) is 20.3. The third-order valence-electron chi connectivity index (χ3n) is 9.33. The molecule has 0 rings (SSSR count). The second kappa shape index (κ2) is 34.3. The van der Waals surface area contributed by atoms with Gasteiger partial charge in [-0.3, -0.25) is 14.4 Å².